The van der Waals surface area contributed by atoms with Crippen LogP contribution in [-0.2, 0) is 16.0 Å². The molecule has 0 unspecified atom stereocenters. The molecular formula is C16H11F3O2S. The summed E-state index contributed by atoms with van der Waals surface area (Å²) in [5.41, 5.74) is -0.337. The van der Waals surface area contributed by atoms with E-state index in [0.717, 1.165) is 12.3 Å². The van der Waals surface area contributed by atoms with Crippen LogP contribution in [0.4, 0.5) is 13.2 Å². The highest BCUT2D eigenvalue weighted by Gasteiger charge is 2.33. The molecule has 0 spiro atoms. The molecule has 0 N–H and O–H groups in total. The Bertz CT molecular complexity index is 842. The Kier molecular flexibility index (Phi) is 4.03. The van der Waals surface area contributed by atoms with E-state index in [9.17, 15) is 21.6 Å². The second-order valence-electron chi connectivity index (χ2n) is 4.70. The molecule has 0 atom stereocenters. The van der Waals surface area contributed by atoms with E-state index in [-0.39, 0.29) is 10.5 Å². The van der Waals surface area contributed by atoms with E-state index in [1.165, 1.54) is 36.4 Å². The van der Waals surface area contributed by atoms with E-state index in [0.29, 0.717) is 11.1 Å². The van der Waals surface area contributed by atoms with Crippen LogP contribution in [0.3, 0.4) is 0 Å². The van der Waals surface area contributed by atoms with Crippen LogP contribution in [0.1, 0.15) is 11.1 Å². The van der Waals surface area contributed by atoms with E-state index in [1.54, 1.807) is 0 Å². The minimum absolute atomic E-state index is 0.104. The Balaban J connectivity index is 2.53. The number of halogens is 3. The zero-order chi connectivity index (χ0) is 16.5. The standard InChI is InChI=1S/C16H11F3O2S/c1-3-11-4-5-13(10-15(11)16(17,18)19)12-6-8-14(9-7-12)22(2,20)21/h1,4-10H,2H3. The van der Waals surface area contributed by atoms with Crippen LogP contribution < -0.4 is 0 Å². The molecule has 114 valence electrons. The SMILES string of the molecule is C#Cc1ccc(-c2ccc(S(C)(=O)=O)cc2)cc1C(F)(F)F. The van der Waals surface area contributed by atoms with Crippen molar-refractivity contribution in [2.45, 2.75) is 11.1 Å². The Morgan fingerprint density at radius 2 is 1.55 bits per heavy atom. The molecule has 0 aliphatic rings. The molecule has 0 amide bonds. The van der Waals surface area contributed by atoms with Gasteiger partial charge in [-0.25, -0.2) is 8.42 Å². The monoisotopic (exact) mass is 324 g/mol. The van der Waals surface area contributed by atoms with Crippen molar-refractivity contribution in [3.05, 3.63) is 53.6 Å². The third kappa shape index (κ3) is 3.31. The van der Waals surface area contributed by atoms with E-state index in [1.807, 2.05) is 5.92 Å². The van der Waals surface area contributed by atoms with Crippen LogP contribution in [0.15, 0.2) is 47.4 Å². The average Bonchev–Trinajstić information content (AvgIpc) is 2.45. The first-order chi connectivity index (χ1) is 10.1. The quantitative estimate of drug-likeness (QED) is 0.788. The van der Waals surface area contributed by atoms with Crippen LogP contribution in [0, 0.1) is 12.3 Å². The minimum Gasteiger partial charge on any atom is -0.224 e. The van der Waals surface area contributed by atoms with Gasteiger partial charge in [0.15, 0.2) is 9.84 Å². The number of benzene rings is 2. The highest BCUT2D eigenvalue weighted by Crippen LogP contribution is 2.34. The smallest absolute Gasteiger partial charge is 0.224 e. The van der Waals surface area contributed by atoms with Gasteiger partial charge in [-0.3, -0.25) is 0 Å². The van der Waals surface area contributed by atoms with Crippen LogP contribution in [0.5, 0.6) is 0 Å². The molecule has 2 aromatic rings. The lowest BCUT2D eigenvalue weighted by Crippen LogP contribution is -2.08. The summed E-state index contributed by atoms with van der Waals surface area (Å²) in [6.45, 7) is 0. The van der Waals surface area contributed by atoms with Crippen LogP contribution in [-0.4, -0.2) is 14.7 Å². The first-order valence-corrected chi connectivity index (χ1v) is 8.00. The van der Waals surface area contributed by atoms with Crippen molar-refractivity contribution in [1.29, 1.82) is 0 Å². The fourth-order valence-corrected chi connectivity index (χ4v) is 2.61. The van der Waals surface area contributed by atoms with E-state index >= 15 is 0 Å². The van der Waals surface area contributed by atoms with Crippen LogP contribution >= 0.6 is 0 Å². The Labute approximate surface area is 126 Å². The third-order valence-corrected chi connectivity index (χ3v) is 4.22. The first kappa shape index (κ1) is 16.1. The molecule has 0 saturated heterocycles. The molecule has 0 bridgehead atoms. The Morgan fingerprint density at radius 1 is 1.00 bits per heavy atom. The van der Waals surface area contributed by atoms with Gasteiger partial charge in [0.25, 0.3) is 0 Å². The van der Waals surface area contributed by atoms with Crippen molar-refractivity contribution in [1.82, 2.24) is 0 Å². The lowest BCUT2D eigenvalue weighted by Gasteiger charge is -2.12. The lowest BCUT2D eigenvalue weighted by molar-refractivity contribution is -0.137. The molecule has 6 heteroatoms. The minimum atomic E-state index is -4.55. The highest BCUT2D eigenvalue weighted by molar-refractivity contribution is 7.90. The lowest BCUT2D eigenvalue weighted by atomic mass is 9.99. The van der Waals surface area contributed by atoms with Gasteiger partial charge < -0.3 is 0 Å². The molecule has 0 aromatic heterocycles. The van der Waals surface area contributed by atoms with Gasteiger partial charge in [0.05, 0.1) is 10.5 Å². The van der Waals surface area contributed by atoms with Gasteiger partial charge in [0.2, 0.25) is 0 Å². The van der Waals surface area contributed by atoms with Gasteiger partial charge in [0, 0.05) is 11.8 Å². The number of alkyl halides is 3. The maximum Gasteiger partial charge on any atom is 0.417 e. The molecule has 0 saturated carbocycles. The van der Waals surface area contributed by atoms with Gasteiger partial charge in [-0.2, -0.15) is 13.2 Å². The number of sulfone groups is 1. The first-order valence-electron chi connectivity index (χ1n) is 6.11. The molecular weight excluding hydrogens is 313 g/mol. The fraction of sp³-hybridized carbons (Fsp3) is 0.125. The van der Waals surface area contributed by atoms with E-state index in [2.05, 4.69) is 0 Å². The number of terminal acetylenes is 1. The Hall–Kier alpha value is -2.26. The summed E-state index contributed by atoms with van der Waals surface area (Å²) in [6.07, 6.45) is 1.60. The maximum atomic E-state index is 13.0. The van der Waals surface area contributed by atoms with Gasteiger partial charge in [-0.05, 0) is 35.4 Å². The van der Waals surface area contributed by atoms with Crippen LogP contribution in [0.25, 0.3) is 11.1 Å². The molecule has 0 aliphatic carbocycles. The zero-order valence-corrected chi connectivity index (χ0v) is 12.3. The summed E-state index contributed by atoms with van der Waals surface area (Å²) in [5.74, 6) is 2.01. The van der Waals surface area contributed by atoms with Crippen molar-refractivity contribution in [3.63, 3.8) is 0 Å². The molecule has 2 nitrogen and oxygen atoms in total. The fourth-order valence-electron chi connectivity index (χ4n) is 1.98. The topological polar surface area (TPSA) is 34.1 Å². The van der Waals surface area contributed by atoms with Gasteiger partial charge in [-0.15, -0.1) is 6.42 Å². The molecule has 0 aliphatic heterocycles. The summed E-state index contributed by atoms with van der Waals surface area (Å²) in [4.78, 5) is 0.104. The number of hydrogen-bond acceptors (Lipinski definition) is 2. The molecule has 2 rings (SSSR count). The van der Waals surface area contributed by atoms with Gasteiger partial charge >= 0.3 is 6.18 Å². The molecule has 0 fully saturated rings. The summed E-state index contributed by atoms with van der Waals surface area (Å²) in [5, 5.41) is 0. The van der Waals surface area contributed by atoms with Crippen molar-refractivity contribution in [2.24, 2.45) is 0 Å². The Morgan fingerprint density at radius 3 is 2.00 bits per heavy atom. The van der Waals surface area contributed by atoms with Crippen molar-refractivity contribution in [3.8, 4) is 23.5 Å². The predicted octanol–water partition coefficient (Wildman–Crippen LogP) is 3.76. The van der Waals surface area contributed by atoms with Crippen molar-refractivity contribution in [2.75, 3.05) is 6.26 Å². The van der Waals surface area contributed by atoms with Gasteiger partial charge in [-0.1, -0.05) is 24.1 Å². The zero-order valence-electron chi connectivity index (χ0n) is 11.5. The summed E-state index contributed by atoms with van der Waals surface area (Å²) in [6, 6.07) is 9.29. The summed E-state index contributed by atoms with van der Waals surface area (Å²) < 4.78 is 61.7. The van der Waals surface area contributed by atoms with E-state index < -0.39 is 21.6 Å². The van der Waals surface area contributed by atoms with Crippen LogP contribution in [0.2, 0.25) is 0 Å². The van der Waals surface area contributed by atoms with E-state index in [4.69, 9.17) is 6.42 Å². The molecule has 2 aromatic carbocycles. The third-order valence-electron chi connectivity index (χ3n) is 3.10. The maximum absolute atomic E-state index is 13.0. The molecule has 0 radical (unpaired) electrons. The summed E-state index contributed by atoms with van der Waals surface area (Å²) in [7, 11) is -3.35. The highest BCUT2D eigenvalue weighted by atomic mass is 32.2. The summed E-state index contributed by atoms with van der Waals surface area (Å²) >= 11 is 0. The number of hydrogen-bond donors (Lipinski definition) is 0. The van der Waals surface area contributed by atoms with Crippen molar-refractivity contribution < 1.29 is 21.6 Å². The normalized spacial score (nSPS) is 12.0. The number of rotatable bonds is 2. The molecule has 22 heavy (non-hydrogen) atoms. The van der Waals surface area contributed by atoms with Gasteiger partial charge in [0.1, 0.15) is 0 Å². The predicted molar refractivity (Wildman–Crippen MR) is 77.9 cm³/mol. The second kappa shape index (κ2) is 5.50. The second-order valence-corrected chi connectivity index (χ2v) is 6.71. The average molecular weight is 324 g/mol. The molecule has 0 heterocycles. The van der Waals surface area contributed by atoms with Crippen molar-refractivity contribution >= 4 is 9.84 Å². The largest absolute Gasteiger partial charge is 0.417 e.